The molecule has 122 valence electrons. The number of amides is 3. The van der Waals surface area contributed by atoms with Crippen LogP contribution in [-0.2, 0) is 9.59 Å². The zero-order valence-electron chi connectivity index (χ0n) is 12.3. The molecule has 0 unspecified atom stereocenters. The van der Waals surface area contributed by atoms with Crippen LogP contribution in [0.25, 0.3) is 0 Å². The fourth-order valence-electron chi connectivity index (χ4n) is 2.21. The van der Waals surface area contributed by atoms with E-state index in [-0.39, 0.29) is 11.7 Å². The van der Waals surface area contributed by atoms with Crippen LogP contribution in [0.4, 0.5) is 16.3 Å². The fourth-order valence-corrected chi connectivity index (χ4v) is 3.31. The third kappa shape index (κ3) is 3.58. The number of carbonyl (C=O) groups excluding carboxylic acids is 3. The minimum absolute atomic E-state index is 0.108. The molecule has 0 spiro atoms. The number of thioether (sulfide) groups is 1. The van der Waals surface area contributed by atoms with Crippen LogP contribution in [0.5, 0.6) is 0 Å². The van der Waals surface area contributed by atoms with Crippen LogP contribution < -0.4 is 10.2 Å². The smallest absolute Gasteiger partial charge is 0.293 e. The lowest BCUT2D eigenvalue weighted by Gasteiger charge is -2.13. The number of hydrogen-bond acceptors (Lipinski definition) is 5. The van der Waals surface area contributed by atoms with E-state index in [0.29, 0.717) is 16.5 Å². The molecule has 1 N–H and O–H groups in total. The predicted octanol–water partition coefficient (Wildman–Crippen LogP) is 3.33. The summed E-state index contributed by atoms with van der Waals surface area (Å²) in [5.74, 6) is -0.445. The van der Waals surface area contributed by atoms with Crippen molar-refractivity contribution >= 4 is 51.9 Å². The first-order valence-electron chi connectivity index (χ1n) is 7.05. The number of halogens is 1. The molecule has 24 heavy (non-hydrogen) atoms. The molecule has 2 heterocycles. The van der Waals surface area contributed by atoms with Gasteiger partial charge >= 0.3 is 0 Å². The van der Waals surface area contributed by atoms with Gasteiger partial charge in [0.2, 0.25) is 11.8 Å². The molecule has 0 bridgehead atoms. The van der Waals surface area contributed by atoms with Crippen molar-refractivity contribution in [1.82, 2.24) is 4.98 Å². The molecule has 0 saturated carbocycles. The monoisotopic (exact) mass is 361 g/mol. The minimum atomic E-state index is -0.745. The Kier molecular flexibility index (Phi) is 4.82. The van der Waals surface area contributed by atoms with Crippen molar-refractivity contribution in [2.24, 2.45) is 0 Å². The molecule has 1 atom stereocenters. The number of aromatic nitrogens is 1. The first kappa shape index (κ1) is 16.5. The standard InChI is InChI=1S/C16H12ClN3O3S/c17-10-6-7-13(18-9-10)19-14(21)8-12-15(22)20(16(23)24-12)11-4-2-1-3-5-11/h1-7,9,12H,8H2,(H,18,19,21)/t12-/m0/s1. The second-order valence-corrected chi connectivity index (χ2v) is 6.59. The highest BCUT2D eigenvalue weighted by Crippen LogP contribution is 2.33. The number of anilines is 2. The number of rotatable bonds is 4. The summed E-state index contributed by atoms with van der Waals surface area (Å²) in [7, 11) is 0. The van der Waals surface area contributed by atoms with E-state index in [1.54, 1.807) is 42.5 Å². The van der Waals surface area contributed by atoms with Gasteiger partial charge in [0.15, 0.2) is 0 Å². The summed E-state index contributed by atoms with van der Waals surface area (Å²) < 4.78 is 0. The number of imide groups is 1. The van der Waals surface area contributed by atoms with Crippen LogP contribution >= 0.6 is 23.4 Å². The number of benzene rings is 1. The Morgan fingerprint density at radius 1 is 1.21 bits per heavy atom. The van der Waals surface area contributed by atoms with E-state index < -0.39 is 17.1 Å². The molecule has 8 heteroatoms. The Balaban J connectivity index is 1.65. The number of para-hydroxylation sites is 1. The van der Waals surface area contributed by atoms with Gasteiger partial charge in [-0.3, -0.25) is 14.4 Å². The van der Waals surface area contributed by atoms with Gasteiger partial charge in [-0.2, -0.15) is 0 Å². The molecule has 1 saturated heterocycles. The maximum atomic E-state index is 12.4. The van der Waals surface area contributed by atoms with Crippen LogP contribution in [0, 0.1) is 0 Å². The second kappa shape index (κ2) is 7.02. The molecule has 1 fully saturated rings. The normalized spacial score (nSPS) is 17.2. The van der Waals surface area contributed by atoms with Crippen molar-refractivity contribution in [2.45, 2.75) is 11.7 Å². The van der Waals surface area contributed by atoms with E-state index in [9.17, 15) is 14.4 Å². The highest BCUT2D eigenvalue weighted by Gasteiger charge is 2.41. The molecule has 2 aromatic rings. The first-order valence-corrected chi connectivity index (χ1v) is 8.31. The molecular formula is C16H12ClN3O3S. The predicted molar refractivity (Wildman–Crippen MR) is 93.2 cm³/mol. The van der Waals surface area contributed by atoms with Gasteiger partial charge in [-0.05, 0) is 36.0 Å². The quantitative estimate of drug-likeness (QED) is 0.903. The van der Waals surface area contributed by atoms with Crippen molar-refractivity contribution < 1.29 is 14.4 Å². The third-order valence-electron chi connectivity index (χ3n) is 3.30. The third-order valence-corrected chi connectivity index (χ3v) is 4.56. The highest BCUT2D eigenvalue weighted by molar-refractivity contribution is 8.15. The number of pyridine rings is 1. The Hall–Kier alpha value is -2.38. The van der Waals surface area contributed by atoms with Crippen LogP contribution in [0.2, 0.25) is 5.02 Å². The molecule has 0 aliphatic carbocycles. The van der Waals surface area contributed by atoms with Gasteiger partial charge in [0.1, 0.15) is 11.1 Å². The Bertz CT molecular complexity index is 783. The molecule has 1 aliphatic rings. The van der Waals surface area contributed by atoms with Crippen LogP contribution in [0.15, 0.2) is 48.7 Å². The fraction of sp³-hybridized carbons (Fsp3) is 0.125. The van der Waals surface area contributed by atoms with Gasteiger partial charge in [0.05, 0.1) is 10.7 Å². The van der Waals surface area contributed by atoms with Crippen molar-refractivity contribution in [3.05, 3.63) is 53.7 Å². The molecule has 1 aromatic heterocycles. The summed E-state index contributed by atoms with van der Waals surface area (Å²) in [5.41, 5.74) is 0.502. The summed E-state index contributed by atoms with van der Waals surface area (Å²) in [4.78, 5) is 41.6. The van der Waals surface area contributed by atoms with Crippen molar-refractivity contribution in [3.8, 4) is 0 Å². The van der Waals surface area contributed by atoms with E-state index >= 15 is 0 Å². The van der Waals surface area contributed by atoms with E-state index in [1.807, 2.05) is 0 Å². The van der Waals surface area contributed by atoms with Gasteiger partial charge < -0.3 is 5.32 Å². The van der Waals surface area contributed by atoms with Crippen molar-refractivity contribution in [1.29, 1.82) is 0 Å². The first-order chi connectivity index (χ1) is 11.5. The Morgan fingerprint density at radius 2 is 1.96 bits per heavy atom. The lowest BCUT2D eigenvalue weighted by atomic mass is 10.2. The van der Waals surface area contributed by atoms with E-state index in [4.69, 9.17) is 11.6 Å². The maximum absolute atomic E-state index is 12.4. The SMILES string of the molecule is O=C(C[C@@H]1SC(=O)N(c2ccccc2)C1=O)Nc1ccc(Cl)cn1. The van der Waals surface area contributed by atoms with Crippen molar-refractivity contribution in [2.75, 3.05) is 10.2 Å². The number of nitrogens with zero attached hydrogens (tertiary/aromatic N) is 2. The summed E-state index contributed by atoms with van der Waals surface area (Å²) in [6, 6.07) is 11.8. The van der Waals surface area contributed by atoms with Gasteiger partial charge in [-0.15, -0.1) is 0 Å². The van der Waals surface area contributed by atoms with Gasteiger partial charge in [0.25, 0.3) is 5.24 Å². The number of hydrogen-bond donors (Lipinski definition) is 1. The molecule has 3 amide bonds. The Labute approximate surface area is 147 Å². The molecule has 0 radical (unpaired) electrons. The summed E-state index contributed by atoms with van der Waals surface area (Å²) in [6.45, 7) is 0. The second-order valence-electron chi connectivity index (χ2n) is 5.00. The zero-order chi connectivity index (χ0) is 17.1. The van der Waals surface area contributed by atoms with Gasteiger partial charge in [0, 0.05) is 12.6 Å². The van der Waals surface area contributed by atoms with E-state index in [2.05, 4.69) is 10.3 Å². The number of nitrogens with one attached hydrogen (secondary N) is 1. The number of carbonyl (C=O) groups is 3. The minimum Gasteiger partial charge on any atom is -0.311 e. The van der Waals surface area contributed by atoms with Crippen molar-refractivity contribution in [3.63, 3.8) is 0 Å². The molecule has 1 aliphatic heterocycles. The van der Waals surface area contributed by atoms with Crippen LogP contribution in [0.3, 0.4) is 0 Å². The topological polar surface area (TPSA) is 79.4 Å². The molecular weight excluding hydrogens is 350 g/mol. The Morgan fingerprint density at radius 3 is 2.62 bits per heavy atom. The molecule has 1 aromatic carbocycles. The maximum Gasteiger partial charge on any atom is 0.293 e. The van der Waals surface area contributed by atoms with E-state index in [0.717, 1.165) is 16.7 Å². The average Bonchev–Trinajstić information content (AvgIpc) is 2.84. The van der Waals surface area contributed by atoms with Gasteiger partial charge in [-0.25, -0.2) is 9.88 Å². The van der Waals surface area contributed by atoms with E-state index in [1.165, 1.54) is 6.20 Å². The largest absolute Gasteiger partial charge is 0.311 e. The highest BCUT2D eigenvalue weighted by atomic mass is 35.5. The molecule has 6 nitrogen and oxygen atoms in total. The summed E-state index contributed by atoms with van der Waals surface area (Å²) >= 11 is 6.58. The van der Waals surface area contributed by atoms with Gasteiger partial charge in [-0.1, -0.05) is 29.8 Å². The average molecular weight is 362 g/mol. The lowest BCUT2D eigenvalue weighted by molar-refractivity contribution is -0.121. The lowest BCUT2D eigenvalue weighted by Crippen LogP contribution is -2.32. The van der Waals surface area contributed by atoms with Crippen LogP contribution in [0.1, 0.15) is 6.42 Å². The molecule has 3 rings (SSSR count). The van der Waals surface area contributed by atoms with Crippen LogP contribution in [-0.4, -0.2) is 27.3 Å². The summed E-state index contributed by atoms with van der Waals surface area (Å²) in [5, 5.41) is 1.91. The zero-order valence-corrected chi connectivity index (χ0v) is 13.9. The summed E-state index contributed by atoms with van der Waals surface area (Å²) in [6.07, 6.45) is 1.30.